The first-order chi connectivity index (χ1) is 20.4. The topological polar surface area (TPSA) is 152 Å². The first-order valence-corrected chi connectivity index (χ1v) is 14.4. The van der Waals surface area contributed by atoms with Gasteiger partial charge in [0.1, 0.15) is 11.6 Å². The highest BCUT2D eigenvalue weighted by Crippen LogP contribution is 2.32. The average molecular weight is 572 g/mol. The Balaban J connectivity index is 1.11. The van der Waals surface area contributed by atoms with Crippen molar-refractivity contribution in [2.24, 2.45) is 11.7 Å². The lowest BCUT2D eigenvalue weighted by Gasteiger charge is -2.29. The van der Waals surface area contributed by atoms with Crippen LogP contribution in [0, 0.1) is 11.7 Å². The van der Waals surface area contributed by atoms with Crippen molar-refractivity contribution in [1.82, 2.24) is 24.6 Å². The number of halogens is 1. The molecule has 4 heterocycles. The molecule has 0 spiro atoms. The van der Waals surface area contributed by atoms with E-state index in [2.05, 4.69) is 30.9 Å². The summed E-state index contributed by atoms with van der Waals surface area (Å²) < 4.78 is 15.6. The molecule has 6 rings (SSSR count). The normalized spacial score (nSPS) is 19.3. The highest BCUT2D eigenvalue weighted by atomic mass is 19.1. The van der Waals surface area contributed by atoms with Crippen molar-refractivity contribution in [3.05, 3.63) is 72.3 Å². The maximum Gasteiger partial charge on any atom is 0.276 e. The van der Waals surface area contributed by atoms with E-state index < -0.39 is 17.8 Å². The van der Waals surface area contributed by atoms with Crippen LogP contribution in [0.5, 0.6) is 0 Å². The summed E-state index contributed by atoms with van der Waals surface area (Å²) in [5, 5.41) is 14.3. The zero-order valence-electron chi connectivity index (χ0n) is 23.2. The summed E-state index contributed by atoms with van der Waals surface area (Å²) in [5.41, 5.74) is 8.70. The summed E-state index contributed by atoms with van der Waals surface area (Å²) >= 11 is 0. The van der Waals surface area contributed by atoms with E-state index in [-0.39, 0.29) is 23.2 Å². The smallest absolute Gasteiger partial charge is 0.276 e. The lowest BCUT2D eigenvalue weighted by molar-refractivity contribution is -0.121. The second-order valence-corrected chi connectivity index (χ2v) is 11.3. The van der Waals surface area contributed by atoms with Gasteiger partial charge in [-0.25, -0.2) is 13.9 Å². The number of nitrogens with one attached hydrogen (secondary N) is 3. The molecular formula is C30H34FN9O2. The molecule has 42 heavy (non-hydrogen) atoms. The van der Waals surface area contributed by atoms with Crippen molar-refractivity contribution in [3.63, 3.8) is 0 Å². The Morgan fingerprint density at radius 2 is 1.74 bits per heavy atom. The van der Waals surface area contributed by atoms with Crippen LogP contribution in [-0.4, -0.2) is 54.4 Å². The molecule has 4 aromatic rings. The van der Waals surface area contributed by atoms with Crippen molar-refractivity contribution >= 4 is 34.5 Å². The molecule has 1 amide bonds. The molecular weight excluding hydrogens is 537 g/mol. The van der Waals surface area contributed by atoms with Gasteiger partial charge in [-0.3, -0.25) is 19.6 Å². The van der Waals surface area contributed by atoms with E-state index in [1.807, 2.05) is 18.2 Å². The number of rotatable bonds is 11. The van der Waals surface area contributed by atoms with Gasteiger partial charge in [0.25, 0.3) is 5.91 Å². The number of hydrogen-bond acceptors (Lipinski definition) is 9. The van der Waals surface area contributed by atoms with Crippen LogP contribution in [0.15, 0.2) is 55.2 Å². The Morgan fingerprint density at radius 3 is 2.48 bits per heavy atom. The second kappa shape index (κ2) is 12.2. The van der Waals surface area contributed by atoms with Crippen LogP contribution in [0.1, 0.15) is 61.0 Å². The summed E-state index contributed by atoms with van der Waals surface area (Å²) in [4.78, 5) is 38.2. The van der Waals surface area contributed by atoms with E-state index in [1.54, 1.807) is 12.4 Å². The Bertz CT molecular complexity index is 1570. The number of carbonyl (C=O) groups is 2. The number of fused-ring (bicyclic) bond motifs is 1. The molecule has 218 valence electrons. The molecule has 0 radical (unpaired) electrons. The van der Waals surface area contributed by atoms with E-state index in [0.717, 1.165) is 56.0 Å². The fraction of sp³-hybridized carbons (Fsp3) is 0.400. The molecule has 1 atom stereocenters. The summed E-state index contributed by atoms with van der Waals surface area (Å²) in [6.45, 7) is 0. The van der Waals surface area contributed by atoms with Crippen LogP contribution >= 0.6 is 0 Å². The molecule has 5 N–H and O–H groups in total. The van der Waals surface area contributed by atoms with Gasteiger partial charge in [-0.15, -0.1) is 5.10 Å². The molecule has 2 aliphatic carbocycles. The van der Waals surface area contributed by atoms with Crippen LogP contribution in [-0.2, 0) is 11.2 Å². The molecule has 0 aromatic carbocycles. The van der Waals surface area contributed by atoms with Gasteiger partial charge in [-0.2, -0.15) is 0 Å². The first kappa shape index (κ1) is 27.7. The molecule has 2 saturated carbocycles. The van der Waals surface area contributed by atoms with Crippen molar-refractivity contribution < 1.29 is 14.0 Å². The molecule has 11 nitrogen and oxygen atoms in total. The Hall–Kier alpha value is -4.45. The van der Waals surface area contributed by atoms with Crippen molar-refractivity contribution in [1.29, 1.82) is 0 Å². The molecule has 0 unspecified atom stereocenters. The SMILES string of the molecule is N[C@H](Cc1cccnc1)C(=O)CC1CCC(Nc2cc(NC3CC3)c3ncc(C(=O)Nc4ccncc4F)n3n2)CC1. The minimum absolute atomic E-state index is 0.0313. The third-order valence-corrected chi connectivity index (χ3v) is 7.94. The Labute approximate surface area is 242 Å². The number of hydrogen-bond donors (Lipinski definition) is 4. The molecule has 0 aliphatic heterocycles. The predicted octanol–water partition coefficient (Wildman–Crippen LogP) is 3.98. The van der Waals surface area contributed by atoms with Crippen LogP contribution in [0.4, 0.5) is 21.6 Å². The third-order valence-electron chi connectivity index (χ3n) is 7.94. The second-order valence-electron chi connectivity index (χ2n) is 11.3. The quantitative estimate of drug-likeness (QED) is 0.209. The van der Waals surface area contributed by atoms with Crippen molar-refractivity contribution in [2.45, 2.75) is 69.5 Å². The monoisotopic (exact) mass is 571 g/mol. The number of imidazole rings is 1. The van der Waals surface area contributed by atoms with Gasteiger partial charge in [0.2, 0.25) is 0 Å². The van der Waals surface area contributed by atoms with Crippen molar-refractivity contribution in [3.8, 4) is 0 Å². The highest BCUT2D eigenvalue weighted by molar-refractivity contribution is 6.03. The third kappa shape index (κ3) is 6.54. The minimum atomic E-state index is -0.626. The number of nitrogens with two attached hydrogens (primary N) is 1. The zero-order valence-corrected chi connectivity index (χ0v) is 23.2. The number of amides is 1. The maximum atomic E-state index is 14.1. The number of Topliss-reactive ketones (excluding diaryl/α,β-unsaturated/α-hetero) is 1. The maximum absolute atomic E-state index is 14.1. The van der Waals surface area contributed by atoms with Crippen molar-refractivity contribution in [2.75, 3.05) is 16.0 Å². The standard InChI is InChI=1S/C30H34FN9O2/c31-22-16-34-11-9-24(22)38-30(42)26-17-35-29-25(36-20-7-8-20)14-28(39-40(26)29)37-21-5-3-18(4-6-21)13-27(41)23(32)12-19-2-1-10-33-15-19/h1-2,9-11,14-18,20-21,23,36H,3-8,12-13,32H2,(H,37,39)(H,34,38,42)/t18?,21?,23-/m1/s1. The number of aromatic nitrogens is 5. The van der Waals surface area contributed by atoms with E-state index >= 15 is 0 Å². The first-order valence-electron chi connectivity index (χ1n) is 14.4. The van der Waals surface area contributed by atoms with Gasteiger partial charge in [-0.05, 0) is 68.6 Å². The summed E-state index contributed by atoms with van der Waals surface area (Å²) in [6.07, 6.45) is 14.1. The Morgan fingerprint density at radius 1 is 0.976 bits per heavy atom. The molecule has 2 fully saturated rings. The van der Waals surface area contributed by atoms with Gasteiger partial charge in [0.15, 0.2) is 17.2 Å². The predicted molar refractivity (Wildman–Crippen MR) is 157 cm³/mol. The summed E-state index contributed by atoms with van der Waals surface area (Å²) in [6, 6.07) is 7.13. The number of carbonyl (C=O) groups excluding carboxylic acids is 2. The largest absolute Gasteiger partial charge is 0.379 e. The lowest BCUT2D eigenvalue weighted by Crippen LogP contribution is -2.35. The molecule has 0 bridgehead atoms. The summed E-state index contributed by atoms with van der Waals surface area (Å²) in [7, 11) is 0. The van der Waals surface area contributed by atoms with Gasteiger partial charge in [0.05, 0.1) is 29.8 Å². The van der Waals surface area contributed by atoms with Gasteiger partial charge < -0.3 is 21.7 Å². The van der Waals surface area contributed by atoms with E-state index in [1.165, 1.54) is 23.0 Å². The van der Waals surface area contributed by atoms with E-state index in [9.17, 15) is 14.0 Å². The fourth-order valence-electron chi connectivity index (χ4n) is 5.45. The number of nitrogens with zero attached hydrogens (tertiary/aromatic N) is 5. The summed E-state index contributed by atoms with van der Waals surface area (Å²) in [5.74, 6) is -0.141. The van der Waals surface area contributed by atoms with Crippen LogP contribution in [0.25, 0.3) is 5.65 Å². The van der Waals surface area contributed by atoms with Crippen LogP contribution in [0.2, 0.25) is 0 Å². The zero-order chi connectivity index (χ0) is 29.1. The van der Waals surface area contributed by atoms with Gasteiger partial charge >= 0.3 is 0 Å². The van der Waals surface area contributed by atoms with E-state index in [0.29, 0.717) is 36.3 Å². The number of ketones is 1. The van der Waals surface area contributed by atoms with E-state index in [4.69, 9.17) is 10.8 Å². The average Bonchev–Trinajstić information content (AvgIpc) is 3.70. The fourth-order valence-corrected chi connectivity index (χ4v) is 5.45. The van der Waals surface area contributed by atoms with Crippen LogP contribution < -0.4 is 21.7 Å². The van der Waals surface area contributed by atoms with Gasteiger partial charge in [-0.1, -0.05) is 6.07 Å². The molecule has 4 aromatic heterocycles. The highest BCUT2D eigenvalue weighted by Gasteiger charge is 2.27. The lowest BCUT2D eigenvalue weighted by atomic mass is 9.82. The Kier molecular flexibility index (Phi) is 8.04. The van der Waals surface area contributed by atoms with Crippen LogP contribution in [0.3, 0.4) is 0 Å². The minimum Gasteiger partial charge on any atom is -0.379 e. The number of anilines is 3. The molecule has 12 heteroatoms. The molecule has 2 aliphatic rings. The number of pyridine rings is 2. The molecule has 0 saturated heterocycles. The van der Waals surface area contributed by atoms with Gasteiger partial charge in [0, 0.05) is 43.2 Å².